The van der Waals surface area contributed by atoms with E-state index in [0.29, 0.717) is 11.4 Å². The molecule has 1 aliphatic carbocycles. The number of amides is 1. The maximum Gasteiger partial charge on any atom is 0.346 e. The largest absolute Gasteiger partial charge is 0.354 e. The molecule has 0 spiro atoms. The van der Waals surface area contributed by atoms with Crippen LogP contribution in [0.4, 0.5) is 5.69 Å². The van der Waals surface area contributed by atoms with Crippen LogP contribution in [0.2, 0.25) is 0 Å². The molecule has 0 bridgehead atoms. The van der Waals surface area contributed by atoms with Crippen LogP contribution in [0.15, 0.2) is 53.6 Å². The molecular formula is C20H20N6O4. The molecule has 1 N–H and O–H groups in total. The number of carbonyl (C=O) groups is 1. The molecule has 10 nitrogen and oxygen atoms in total. The summed E-state index contributed by atoms with van der Waals surface area (Å²) < 4.78 is 3.07. The second-order valence-corrected chi connectivity index (χ2v) is 7.12. The average molecular weight is 408 g/mol. The summed E-state index contributed by atoms with van der Waals surface area (Å²) in [5, 5.41) is 17.9. The van der Waals surface area contributed by atoms with Gasteiger partial charge in [0.05, 0.1) is 17.9 Å². The van der Waals surface area contributed by atoms with Gasteiger partial charge >= 0.3 is 5.69 Å². The van der Waals surface area contributed by atoms with E-state index in [0.717, 1.165) is 18.4 Å². The second-order valence-electron chi connectivity index (χ2n) is 7.12. The fourth-order valence-electron chi connectivity index (χ4n) is 3.20. The first-order valence-corrected chi connectivity index (χ1v) is 9.62. The third-order valence-corrected chi connectivity index (χ3v) is 4.86. The van der Waals surface area contributed by atoms with Crippen molar-refractivity contribution in [3.8, 4) is 11.4 Å². The molecule has 154 valence electrons. The predicted molar refractivity (Wildman–Crippen MR) is 108 cm³/mol. The highest BCUT2D eigenvalue weighted by Crippen LogP contribution is 2.36. The molecule has 1 aromatic carbocycles. The van der Waals surface area contributed by atoms with E-state index < -0.39 is 4.92 Å². The monoisotopic (exact) mass is 408 g/mol. The van der Waals surface area contributed by atoms with Crippen molar-refractivity contribution >= 4 is 11.6 Å². The minimum absolute atomic E-state index is 0.0193. The highest BCUT2D eigenvalue weighted by Gasteiger charge is 2.30. The van der Waals surface area contributed by atoms with Gasteiger partial charge in [-0.3, -0.25) is 24.5 Å². The second kappa shape index (κ2) is 8.27. The zero-order chi connectivity index (χ0) is 21.1. The first kappa shape index (κ1) is 19.5. The Morgan fingerprint density at radius 1 is 1.23 bits per heavy atom. The van der Waals surface area contributed by atoms with Gasteiger partial charge in [-0.25, -0.2) is 9.48 Å². The first-order valence-electron chi connectivity index (χ1n) is 9.62. The molecule has 0 radical (unpaired) electrons. The van der Waals surface area contributed by atoms with E-state index in [9.17, 15) is 19.7 Å². The lowest BCUT2D eigenvalue weighted by Gasteiger charge is -2.05. The molecule has 10 heteroatoms. The van der Waals surface area contributed by atoms with Gasteiger partial charge in [0.2, 0.25) is 5.91 Å². The molecule has 2 aromatic heterocycles. The van der Waals surface area contributed by atoms with Gasteiger partial charge in [-0.2, -0.15) is 0 Å². The fourth-order valence-corrected chi connectivity index (χ4v) is 3.20. The Morgan fingerprint density at radius 3 is 2.63 bits per heavy atom. The van der Waals surface area contributed by atoms with Gasteiger partial charge in [-0.05, 0) is 30.5 Å². The standard InChI is InChI=1S/C20H20N6O4/c27-18(12-14-3-5-17(6-4-14)26(29)30)22-10-11-24-20(28)25(16-7-8-16)19(23-24)15-2-1-9-21-13-15/h1-6,9,13,16H,7-8,10-12H2,(H,22,27). The minimum Gasteiger partial charge on any atom is -0.354 e. The summed E-state index contributed by atoms with van der Waals surface area (Å²) in [6.07, 6.45) is 5.34. The van der Waals surface area contributed by atoms with E-state index in [2.05, 4.69) is 15.4 Å². The smallest absolute Gasteiger partial charge is 0.346 e. The topological polar surface area (TPSA) is 125 Å². The van der Waals surface area contributed by atoms with Crippen molar-refractivity contribution in [2.45, 2.75) is 31.8 Å². The van der Waals surface area contributed by atoms with Gasteiger partial charge in [0, 0.05) is 42.7 Å². The molecular weight excluding hydrogens is 388 g/mol. The number of nitro groups is 1. The molecule has 3 aromatic rings. The molecule has 2 heterocycles. The van der Waals surface area contributed by atoms with Crippen molar-refractivity contribution in [3.05, 3.63) is 75.0 Å². The Bertz CT molecular complexity index is 1120. The highest BCUT2D eigenvalue weighted by molar-refractivity contribution is 5.78. The molecule has 1 saturated carbocycles. The average Bonchev–Trinajstić information content (AvgIpc) is 3.53. The molecule has 0 atom stereocenters. The maximum atomic E-state index is 12.8. The number of rotatable bonds is 8. The fraction of sp³-hybridized carbons (Fsp3) is 0.300. The number of nitrogens with zero attached hydrogens (tertiary/aromatic N) is 5. The van der Waals surface area contributed by atoms with Crippen LogP contribution in [0.5, 0.6) is 0 Å². The van der Waals surface area contributed by atoms with Crippen molar-refractivity contribution < 1.29 is 9.72 Å². The van der Waals surface area contributed by atoms with Crippen LogP contribution >= 0.6 is 0 Å². The number of hydrogen-bond donors (Lipinski definition) is 1. The Balaban J connectivity index is 1.39. The van der Waals surface area contributed by atoms with Crippen LogP contribution in [-0.4, -0.2) is 36.7 Å². The molecule has 1 aliphatic rings. The Kier molecular flexibility index (Phi) is 5.38. The van der Waals surface area contributed by atoms with E-state index in [1.165, 1.54) is 16.8 Å². The number of carbonyl (C=O) groups excluding carboxylic acids is 1. The van der Waals surface area contributed by atoms with E-state index in [1.807, 2.05) is 6.07 Å². The lowest BCUT2D eigenvalue weighted by molar-refractivity contribution is -0.384. The lowest BCUT2D eigenvalue weighted by atomic mass is 10.1. The zero-order valence-electron chi connectivity index (χ0n) is 16.1. The van der Waals surface area contributed by atoms with Gasteiger partial charge in [0.1, 0.15) is 0 Å². The van der Waals surface area contributed by atoms with Crippen molar-refractivity contribution in [2.75, 3.05) is 6.54 Å². The number of pyridine rings is 1. The van der Waals surface area contributed by atoms with E-state index >= 15 is 0 Å². The van der Waals surface area contributed by atoms with Crippen molar-refractivity contribution in [3.63, 3.8) is 0 Å². The van der Waals surface area contributed by atoms with Crippen LogP contribution in [0.1, 0.15) is 24.4 Å². The van der Waals surface area contributed by atoms with E-state index in [-0.39, 0.29) is 42.8 Å². The van der Waals surface area contributed by atoms with E-state index in [1.54, 1.807) is 35.2 Å². The van der Waals surface area contributed by atoms with Crippen molar-refractivity contribution in [1.82, 2.24) is 24.6 Å². The Labute approximate surface area is 171 Å². The summed E-state index contributed by atoms with van der Waals surface area (Å²) in [5.41, 5.74) is 1.24. The van der Waals surface area contributed by atoms with Gasteiger partial charge in [0.25, 0.3) is 5.69 Å². The first-order chi connectivity index (χ1) is 14.5. The van der Waals surface area contributed by atoms with Crippen LogP contribution in [0, 0.1) is 10.1 Å². The van der Waals surface area contributed by atoms with Crippen molar-refractivity contribution in [1.29, 1.82) is 0 Å². The molecule has 1 amide bonds. The van der Waals surface area contributed by atoms with Crippen LogP contribution in [-0.2, 0) is 17.8 Å². The number of nitro benzene ring substituents is 1. The minimum atomic E-state index is -0.484. The Morgan fingerprint density at radius 2 is 2.00 bits per heavy atom. The third-order valence-electron chi connectivity index (χ3n) is 4.86. The molecule has 0 saturated heterocycles. The van der Waals surface area contributed by atoms with Gasteiger partial charge in [-0.1, -0.05) is 12.1 Å². The highest BCUT2D eigenvalue weighted by atomic mass is 16.6. The lowest BCUT2D eigenvalue weighted by Crippen LogP contribution is -2.32. The normalized spacial score (nSPS) is 13.2. The summed E-state index contributed by atoms with van der Waals surface area (Å²) in [6.45, 7) is 0.498. The summed E-state index contributed by atoms with van der Waals surface area (Å²) >= 11 is 0. The van der Waals surface area contributed by atoms with Gasteiger partial charge < -0.3 is 5.32 Å². The molecule has 1 fully saturated rings. The number of nitrogens with one attached hydrogen (secondary N) is 1. The summed E-state index contributed by atoms with van der Waals surface area (Å²) in [5.74, 6) is 0.360. The van der Waals surface area contributed by atoms with Crippen LogP contribution in [0.25, 0.3) is 11.4 Å². The predicted octanol–water partition coefficient (Wildman–Crippen LogP) is 1.71. The zero-order valence-corrected chi connectivity index (χ0v) is 16.1. The molecule has 0 aliphatic heterocycles. The molecule has 30 heavy (non-hydrogen) atoms. The molecule has 0 unspecified atom stereocenters. The molecule has 4 rings (SSSR count). The number of benzene rings is 1. The van der Waals surface area contributed by atoms with Gasteiger partial charge in [-0.15, -0.1) is 5.10 Å². The van der Waals surface area contributed by atoms with Crippen LogP contribution < -0.4 is 11.0 Å². The van der Waals surface area contributed by atoms with Gasteiger partial charge in [0.15, 0.2) is 5.82 Å². The van der Waals surface area contributed by atoms with E-state index in [4.69, 9.17) is 0 Å². The summed E-state index contributed by atoms with van der Waals surface area (Å²) in [4.78, 5) is 39.2. The third kappa shape index (κ3) is 4.27. The Hall–Kier alpha value is -3.82. The quantitative estimate of drug-likeness (QED) is 0.447. The maximum absolute atomic E-state index is 12.8. The number of aromatic nitrogens is 4. The summed E-state index contributed by atoms with van der Waals surface area (Å²) in [6, 6.07) is 9.68. The number of non-ortho nitro benzene ring substituents is 1. The van der Waals surface area contributed by atoms with Crippen molar-refractivity contribution in [2.24, 2.45) is 0 Å². The van der Waals surface area contributed by atoms with Crippen LogP contribution in [0.3, 0.4) is 0 Å². The summed E-state index contributed by atoms with van der Waals surface area (Å²) in [7, 11) is 0. The SMILES string of the molecule is O=C(Cc1ccc([N+](=O)[O-])cc1)NCCn1nc(-c2cccnc2)n(C2CC2)c1=O. The number of hydrogen-bond acceptors (Lipinski definition) is 6.